The summed E-state index contributed by atoms with van der Waals surface area (Å²) in [4.78, 5) is 56.8. The Labute approximate surface area is 347 Å². The van der Waals surface area contributed by atoms with E-state index in [-0.39, 0.29) is 57.8 Å². The van der Waals surface area contributed by atoms with Crippen molar-refractivity contribution in [2.75, 3.05) is 32.2 Å². The predicted molar refractivity (Wildman–Crippen MR) is 226 cm³/mol. The maximum atomic E-state index is 14.6. The first kappa shape index (κ1) is 43.5. The second-order valence-electron chi connectivity index (χ2n) is 20.7. The lowest BCUT2D eigenvalue weighted by Gasteiger charge is -2.72. The van der Waals surface area contributed by atoms with Gasteiger partial charge in [0.05, 0.1) is 18.0 Å². The molecule has 1 N–H and O–H groups in total. The number of pyridine rings is 1. The summed E-state index contributed by atoms with van der Waals surface area (Å²) in [5.41, 5.74) is 1.60. The maximum absolute atomic E-state index is 14.6. The zero-order valence-electron chi connectivity index (χ0n) is 36.6. The van der Waals surface area contributed by atoms with E-state index in [2.05, 4.69) is 63.8 Å². The highest BCUT2D eigenvalue weighted by Crippen LogP contribution is 2.77. The van der Waals surface area contributed by atoms with Gasteiger partial charge in [-0.2, -0.15) is 0 Å². The Morgan fingerprint density at radius 2 is 1.74 bits per heavy atom. The van der Waals surface area contributed by atoms with Crippen molar-refractivity contribution in [1.82, 2.24) is 15.3 Å². The molecule has 5 aliphatic rings. The van der Waals surface area contributed by atoms with E-state index in [4.69, 9.17) is 16.3 Å². The topological polar surface area (TPSA) is 109 Å². The molecule has 1 aromatic heterocycles. The minimum absolute atomic E-state index is 0.0198. The minimum Gasteiger partial charge on any atom is -0.462 e. The molecule has 57 heavy (non-hydrogen) atoms. The standard InChI is InChI=1S/C47H69ClN4O5/c1-30(2)40-33(55)26-47(36(18-25-53)52(24-23-49-10)51(11)38-15-12-31(48)28-50-38)22-21-45(8)32(41(40)47)13-14-35-44(7)19-17-37(57-39(56)27-42(3,4)29-54)43(5,6)34(44)16-20-46(35,45)9/h12,15,18,25,28-30,32,34-35,37,49H,13-14,16-17,19-24,26-27H2,1-11H3/b36-18-/t32?,34?,35?,37?,44?,45-,46?,47?/m1/s1. The number of carbonyl (C=O) groups is 4. The number of nitrogens with zero attached hydrogens (tertiary/aromatic N) is 3. The number of rotatable bonds is 13. The molecule has 4 saturated carbocycles. The van der Waals surface area contributed by atoms with Gasteiger partial charge in [-0.3, -0.25) is 24.4 Å². The van der Waals surface area contributed by atoms with Crippen LogP contribution in [0.4, 0.5) is 5.82 Å². The van der Waals surface area contributed by atoms with E-state index in [1.54, 1.807) is 26.1 Å². The van der Waals surface area contributed by atoms with Gasteiger partial charge in [0.25, 0.3) is 0 Å². The highest BCUT2D eigenvalue weighted by atomic mass is 35.5. The molecule has 0 bridgehead atoms. The lowest BCUT2D eigenvalue weighted by atomic mass is 9.33. The first-order chi connectivity index (χ1) is 26.7. The van der Waals surface area contributed by atoms with Crippen LogP contribution in [-0.2, 0) is 23.9 Å². The number of aromatic nitrogens is 1. The lowest BCUT2D eigenvalue weighted by molar-refractivity contribution is -0.233. The SMILES string of the molecule is CNCCN(/C(=C\C=O)C12CC[C@]3(C)C(CCC4C5(C)CCC(OC(=O)CC(C)(C)C=O)C(C)(C)C5CCC43C)C1=C(C(C)C)C(=O)C2)N(C)c1ccc(Cl)cn1. The van der Waals surface area contributed by atoms with Crippen LogP contribution in [0.15, 0.2) is 41.2 Å². The molecule has 0 amide bonds. The van der Waals surface area contributed by atoms with Gasteiger partial charge < -0.3 is 14.8 Å². The number of ether oxygens (including phenoxy) is 1. The second kappa shape index (κ2) is 15.5. The molecule has 0 aromatic carbocycles. The number of hydrogen-bond donors (Lipinski definition) is 1. The third kappa shape index (κ3) is 7.02. The van der Waals surface area contributed by atoms with Crippen molar-refractivity contribution in [2.24, 2.45) is 56.2 Å². The summed E-state index contributed by atoms with van der Waals surface area (Å²) < 4.78 is 6.26. The van der Waals surface area contributed by atoms with Gasteiger partial charge in [0.2, 0.25) is 0 Å². The number of Topliss-reactive ketones (excluding diaryl/α,β-unsaturated/α-hetero) is 1. The maximum Gasteiger partial charge on any atom is 0.307 e. The highest BCUT2D eigenvalue weighted by Gasteiger charge is 2.70. The van der Waals surface area contributed by atoms with Gasteiger partial charge in [0, 0.05) is 48.2 Å². The van der Waals surface area contributed by atoms with Crippen molar-refractivity contribution < 1.29 is 23.9 Å². The average Bonchev–Trinajstić information content (AvgIpc) is 3.45. The van der Waals surface area contributed by atoms with E-state index in [0.29, 0.717) is 42.2 Å². The largest absolute Gasteiger partial charge is 0.462 e. The number of nitrogens with one attached hydrogen (secondary N) is 1. The highest BCUT2D eigenvalue weighted by molar-refractivity contribution is 6.30. The molecule has 0 radical (unpaired) electrons. The molecule has 0 saturated heterocycles. The van der Waals surface area contributed by atoms with Crippen LogP contribution in [0.25, 0.3) is 0 Å². The molecular formula is C47H69ClN4O5. The van der Waals surface area contributed by atoms with Gasteiger partial charge in [-0.05, 0) is 128 Å². The molecule has 8 atom stereocenters. The number of hydrazine groups is 1. The Morgan fingerprint density at radius 1 is 1.02 bits per heavy atom. The normalized spacial score (nSPS) is 34.8. The molecule has 0 spiro atoms. The van der Waals surface area contributed by atoms with E-state index in [0.717, 1.165) is 75.2 Å². The number of fused-ring (bicyclic) bond motifs is 7. The van der Waals surface area contributed by atoms with Gasteiger partial charge in [-0.1, -0.05) is 73.9 Å². The molecule has 1 heterocycles. The van der Waals surface area contributed by atoms with Crippen LogP contribution in [0.1, 0.15) is 127 Å². The number of ketones is 1. The second-order valence-corrected chi connectivity index (χ2v) is 21.1. The van der Waals surface area contributed by atoms with E-state index in [9.17, 15) is 19.2 Å². The Kier molecular flexibility index (Phi) is 11.9. The molecule has 314 valence electrons. The van der Waals surface area contributed by atoms with Crippen LogP contribution in [-0.4, -0.2) is 67.6 Å². The summed E-state index contributed by atoms with van der Waals surface area (Å²) >= 11 is 6.26. The van der Waals surface area contributed by atoms with E-state index in [1.807, 2.05) is 31.2 Å². The van der Waals surface area contributed by atoms with Crippen LogP contribution < -0.4 is 10.3 Å². The van der Waals surface area contributed by atoms with Gasteiger partial charge in [-0.15, -0.1) is 0 Å². The summed E-state index contributed by atoms with van der Waals surface area (Å²) in [5, 5.41) is 8.05. The van der Waals surface area contributed by atoms with Crippen LogP contribution >= 0.6 is 11.6 Å². The Balaban J connectivity index is 1.38. The molecule has 0 aliphatic heterocycles. The fourth-order valence-electron chi connectivity index (χ4n) is 13.6. The van der Waals surface area contributed by atoms with Crippen LogP contribution in [0.5, 0.6) is 0 Å². The summed E-state index contributed by atoms with van der Waals surface area (Å²) in [6.07, 6.45) is 13.2. The summed E-state index contributed by atoms with van der Waals surface area (Å²) in [7, 11) is 3.91. The van der Waals surface area contributed by atoms with Crippen molar-refractivity contribution in [1.29, 1.82) is 0 Å². The number of hydrogen-bond acceptors (Lipinski definition) is 9. The van der Waals surface area contributed by atoms with Crippen LogP contribution in [0.3, 0.4) is 0 Å². The van der Waals surface area contributed by atoms with Crippen molar-refractivity contribution in [3.8, 4) is 0 Å². The number of halogens is 1. The van der Waals surface area contributed by atoms with Gasteiger partial charge in [0.1, 0.15) is 24.5 Å². The van der Waals surface area contributed by atoms with Crippen molar-refractivity contribution >= 4 is 41.7 Å². The summed E-state index contributed by atoms with van der Waals surface area (Å²) in [6.45, 7) is 21.4. The first-order valence-corrected chi connectivity index (χ1v) is 21.9. The zero-order chi connectivity index (χ0) is 41.9. The number of esters is 1. The van der Waals surface area contributed by atoms with Crippen LogP contribution in [0, 0.1) is 56.2 Å². The lowest BCUT2D eigenvalue weighted by Crippen LogP contribution is -2.66. The molecular weight excluding hydrogens is 736 g/mol. The van der Waals surface area contributed by atoms with Gasteiger partial charge in [0.15, 0.2) is 5.78 Å². The molecule has 10 heteroatoms. The monoisotopic (exact) mass is 804 g/mol. The van der Waals surface area contributed by atoms with Gasteiger partial charge in [-0.25, -0.2) is 4.98 Å². The minimum atomic E-state index is -0.740. The number of carbonyl (C=O) groups excluding carboxylic acids is 4. The Morgan fingerprint density at radius 3 is 2.35 bits per heavy atom. The van der Waals surface area contributed by atoms with Gasteiger partial charge >= 0.3 is 5.97 Å². The molecule has 7 unspecified atom stereocenters. The average molecular weight is 806 g/mol. The van der Waals surface area contributed by atoms with Crippen LogP contribution in [0.2, 0.25) is 5.02 Å². The fourth-order valence-corrected chi connectivity index (χ4v) is 13.7. The van der Waals surface area contributed by atoms with E-state index < -0.39 is 10.8 Å². The fraction of sp³-hybridized carbons (Fsp3) is 0.723. The van der Waals surface area contributed by atoms with Crippen molar-refractivity contribution in [3.05, 3.63) is 46.3 Å². The summed E-state index contributed by atoms with van der Waals surface area (Å²) in [5.74, 6) is 1.76. The van der Waals surface area contributed by atoms with E-state index in [1.165, 1.54) is 5.57 Å². The number of likely N-dealkylation sites (N-methyl/N-ethyl adjacent to an activating group) is 1. The third-order valence-corrected chi connectivity index (χ3v) is 16.8. The third-order valence-electron chi connectivity index (χ3n) is 16.5. The summed E-state index contributed by atoms with van der Waals surface area (Å²) in [6, 6.07) is 3.72. The number of anilines is 1. The predicted octanol–water partition coefficient (Wildman–Crippen LogP) is 9.20. The quantitative estimate of drug-likeness (QED) is 0.0904. The Bertz CT molecular complexity index is 1800. The Hall–Kier alpha value is -3.04. The molecule has 6 rings (SSSR count). The number of aldehydes is 2. The zero-order valence-corrected chi connectivity index (χ0v) is 37.4. The van der Waals surface area contributed by atoms with Crippen molar-refractivity contribution in [3.63, 3.8) is 0 Å². The van der Waals surface area contributed by atoms with E-state index >= 15 is 0 Å². The van der Waals surface area contributed by atoms with Crippen molar-refractivity contribution in [2.45, 2.75) is 133 Å². The number of allylic oxidation sites excluding steroid dienone is 3. The molecule has 5 aliphatic carbocycles. The molecule has 4 fully saturated rings. The first-order valence-electron chi connectivity index (χ1n) is 21.5. The smallest absolute Gasteiger partial charge is 0.307 e. The molecule has 9 nitrogen and oxygen atoms in total. The molecule has 1 aromatic rings.